The van der Waals surface area contributed by atoms with Crippen LogP contribution in [0.2, 0.25) is 5.02 Å². The Morgan fingerprint density at radius 3 is 2.55 bits per heavy atom. The van der Waals surface area contributed by atoms with E-state index in [1.165, 1.54) is 6.20 Å². The summed E-state index contributed by atoms with van der Waals surface area (Å²) >= 11 is 6.50. The molecule has 0 unspecified atom stereocenters. The molecule has 1 amide bonds. The molecule has 1 aliphatic rings. The molecule has 168 valence electrons. The SMILES string of the molecule is Cc1ccc(-c2c(-c3ccccc3Cl)cnc3c(C(=O)N[C@@H]4CCS(=O)(=O)C4)cnn23)cc1. The molecule has 0 bridgehead atoms. The Labute approximate surface area is 196 Å². The Bertz CT molecular complexity index is 1480. The van der Waals surface area contributed by atoms with Gasteiger partial charge >= 0.3 is 0 Å². The number of carbonyl (C=O) groups is 1. The van der Waals surface area contributed by atoms with Crippen molar-refractivity contribution < 1.29 is 13.2 Å². The van der Waals surface area contributed by atoms with Crippen molar-refractivity contribution in [1.82, 2.24) is 19.9 Å². The number of aromatic nitrogens is 3. The number of rotatable bonds is 4. The fraction of sp³-hybridized carbons (Fsp3) is 0.208. The second-order valence-electron chi connectivity index (χ2n) is 8.23. The Balaban J connectivity index is 1.63. The summed E-state index contributed by atoms with van der Waals surface area (Å²) in [5.74, 6) is -0.347. The van der Waals surface area contributed by atoms with Gasteiger partial charge in [-0.05, 0) is 19.4 Å². The first-order valence-electron chi connectivity index (χ1n) is 10.5. The van der Waals surface area contributed by atoms with E-state index in [2.05, 4.69) is 15.4 Å². The minimum Gasteiger partial charge on any atom is -0.348 e. The highest BCUT2D eigenvalue weighted by Gasteiger charge is 2.30. The molecule has 0 aliphatic carbocycles. The number of benzene rings is 2. The summed E-state index contributed by atoms with van der Waals surface area (Å²) in [6.07, 6.45) is 3.57. The summed E-state index contributed by atoms with van der Waals surface area (Å²) in [5.41, 5.74) is 5.06. The van der Waals surface area contributed by atoms with Crippen LogP contribution in [0.1, 0.15) is 22.3 Å². The van der Waals surface area contributed by atoms with E-state index in [-0.39, 0.29) is 17.4 Å². The number of hydrogen-bond donors (Lipinski definition) is 1. The molecule has 33 heavy (non-hydrogen) atoms. The Morgan fingerprint density at radius 1 is 1.09 bits per heavy atom. The Morgan fingerprint density at radius 2 is 1.85 bits per heavy atom. The molecule has 7 nitrogen and oxygen atoms in total. The zero-order chi connectivity index (χ0) is 23.2. The average Bonchev–Trinajstić information content (AvgIpc) is 3.37. The average molecular weight is 481 g/mol. The number of hydrogen-bond acceptors (Lipinski definition) is 5. The predicted octanol–water partition coefficient (Wildman–Crippen LogP) is 3.94. The molecule has 1 fully saturated rings. The fourth-order valence-corrected chi connectivity index (χ4v) is 6.04. The summed E-state index contributed by atoms with van der Waals surface area (Å²) < 4.78 is 25.2. The van der Waals surface area contributed by atoms with E-state index in [0.717, 1.165) is 27.9 Å². The van der Waals surface area contributed by atoms with Crippen LogP contribution < -0.4 is 5.32 Å². The minimum absolute atomic E-state index is 0.0450. The highest BCUT2D eigenvalue weighted by Crippen LogP contribution is 2.36. The minimum atomic E-state index is -3.10. The molecule has 0 saturated carbocycles. The van der Waals surface area contributed by atoms with Crippen molar-refractivity contribution in [3.63, 3.8) is 0 Å². The topological polar surface area (TPSA) is 93.4 Å². The van der Waals surface area contributed by atoms with E-state index in [1.54, 1.807) is 10.7 Å². The van der Waals surface area contributed by atoms with Crippen molar-refractivity contribution in [1.29, 1.82) is 0 Å². The van der Waals surface area contributed by atoms with Crippen LogP contribution in [-0.2, 0) is 9.84 Å². The monoisotopic (exact) mass is 480 g/mol. The van der Waals surface area contributed by atoms with E-state index >= 15 is 0 Å². The molecule has 4 aromatic rings. The summed E-state index contributed by atoms with van der Waals surface area (Å²) in [6.45, 7) is 2.01. The number of nitrogens with zero attached hydrogens (tertiary/aromatic N) is 3. The van der Waals surface area contributed by atoms with Gasteiger partial charge in [-0.2, -0.15) is 5.10 Å². The molecular formula is C24H21ClN4O3S. The third-order valence-electron chi connectivity index (χ3n) is 5.83. The number of amides is 1. The molecule has 0 radical (unpaired) electrons. The molecule has 2 aromatic carbocycles. The summed E-state index contributed by atoms with van der Waals surface area (Å²) in [5, 5.41) is 7.89. The van der Waals surface area contributed by atoms with Gasteiger partial charge in [0, 0.05) is 34.0 Å². The van der Waals surface area contributed by atoms with Crippen LogP contribution in [0.5, 0.6) is 0 Å². The standard InChI is InChI=1S/C24H21ClN4O3S/c1-15-6-8-16(9-7-15)22-19(18-4-2-3-5-21(18)25)12-26-23-20(13-27-29(22)23)24(30)28-17-10-11-33(31,32)14-17/h2-9,12-13,17H,10-11,14H2,1H3,(H,28,30)/t17-/m1/s1. The number of aryl methyl sites for hydroxylation is 1. The predicted molar refractivity (Wildman–Crippen MR) is 128 cm³/mol. The van der Waals surface area contributed by atoms with Crippen LogP contribution in [0.15, 0.2) is 60.9 Å². The van der Waals surface area contributed by atoms with Crippen molar-refractivity contribution in [2.75, 3.05) is 11.5 Å². The first kappa shape index (κ1) is 21.6. The highest BCUT2D eigenvalue weighted by atomic mass is 35.5. The molecule has 1 aliphatic heterocycles. The second kappa shape index (κ2) is 8.28. The largest absolute Gasteiger partial charge is 0.348 e. The van der Waals surface area contributed by atoms with Crippen molar-refractivity contribution in [3.8, 4) is 22.4 Å². The first-order chi connectivity index (χ1) is 15.8. The number of nitrogens with one attached hydrogen (secondary N) is 1. The molecular weight excluding hydrogens is 460 g/mol. The number of sulfone groups is 1. The third kappa shape index (κ3) is 4.12. The van der Waals surface area contributed by atoms with Crippen LogP contribution in [-0.4, -0.2) is 46.5 Å². The third-order valence-corrected chi connectivity index (χ3v) is 7.93. The van der Waals surface area contributed by atoms with Crippen LogP contribution in [0.3, 0.4) is 0 Å². The van der Waals surface area contributed by atoms with Gasteiger partial charge in [0.05, 0.1) is 23.4 Å². The van der Waals surface area contributed by atoms with Gasteiger partial charge in [0.25, 0.3) is 5.91 Å². The van der Waals surface area contributed by atoms with Gasteiger partial charge in [-0.25, -0.2) is 17.9 Å². The molecule has 2 aromatic heterocycles. The normalized spacial score (nSPS) is 17.3. The van der Waals surface area contributed by atoms with E-state index < -0.39 is 15.9 Å². The van der Waals surface area contributed by atoms with E-state index in [0.29, 0.717) is 22.7 Å². The smallest absolute Gasteiger partial charge is 0.257 e. The molecule has 0 spiro atoms. The Hall–Kier alpha value is -3.23. The van der Waals surface area contributed by atoms with Gasteiger partial charge in [-0.15, -0.1) is 0 Å². The van der Waals surface area contributed by atoms with Crippen LogP contribution in [0, 0.1) is 6.92 Å². The lowest BCUT2D eigenvalue weighted by Gasteiger charge is -2.14. The number of fused-ring (bicyclic) bond motifs is 1. The van der Waals surface area contributed by atoms with E-state index in [1.807, 2.05) is 55.5 Å². The maximum absolute atomic E-state index is 13.0. The first-order valence-corrected chi connectivity index (χ1v) is 12.7. The highest BCUT2D eigenvalue weighted by molar-refractivity contribution is 7.91. The summed E-state index contributed by atoms with van der Waals surface area (Å²) in [7, 11) is -3.10. The van der Waals surface area contributed by atoms with Gasteiger partial charge in [-0.1, -0.05) is 59.6 Å². The van der Waals surface area contributed by atoms with Gasteiger partial charge in [0.15, 0.2) is 15.5 Å². The zero-order valence-electron chi connectivity index (χ0n) is 17.8. The van der Waals surface area contributed by atoms with Crippen LogP contribution >= 0.6 is 11.6 Å². The van der Waals surface area contributed by atoms with Gasteiger partial charge in [0.1, 0.15) is 5.56 Å². The van der Waals surface area contributed by atoms with E-state index in [4.69, 9.17) is 11.6 Å². The number of halogens is 1. The maximum Gasteiger partial charge on any atom is 0.257 e. The molecule has 1 atom stereocenters. The second-order valence-corrected chi connectivity index (χ2v) is 10.9. The Kier molecular flexibility index (Phi) is 5.42. The van der Waals surface area contributed by atoms with Crippen LogP contribution in [0.4, 0.5) is 0 Å². The van der Waals surface area contributed by atoms with Crippen LogP contribution in [0.25, 0.3) is 28.0 Å². The quantitative estimate of drug-likeness (QED) is 0.477. The number of carbonyl (C=O) groups excluding carboxylic acids is 1. The lowest BCUT2D eigenvalue weighted by atomic mass is 10.00. The molecule has 1 saturated heterocycles. The molecule has 5 rings (SSSR count). The lowest BCUT2D eigenvalue weighted by molar-refractivity contribution is 0.0942. The fourth-order valence-electron chi connectivity index (χ4n) is 4.13. The van der Waals surface area contributed by atoms with Gasteiger partial charge in [0.2, 0.25) is 0 Å². The summed E-state index contributed by atoms with van der Waals surface area (Å²) in [6, 6.07) is 15.1. The summed E-state index contributed by atoms with van der Waals surface area (Å²) in [4.78, 5) is 17.5. The lowest BCUT2D eigenvalue weighted by Crippen LogP contribution is -2.35. The van der Waals surface area contributed by atoms with Gasteiger partial charge in [-0.3, -0.25) is 4.79 Å². The maximum atomic E-state index is 13.0. The van der Waals surface area contributed by atoms with Crippen molar-refractivity contribution in [2.24, 2.45) is 0 Å². The molecule has 1 N–H and O–H groups in total. The molecule has 9 heteroatoms. The van der Waals surface area contributed by atoms with Crippen molar-refractivity contribution in [3.05, 3.63) is 77.1 Å². The van der Waals surface area contributed by atoms with Crippen molar-refractivity contribution >= 4 is 33.0 Å². The van der Waals surface area contributed by atoms with E-state index in [9.17, 15) is 13.2 Å². The molecule has 3 heterocycles. The zero-order valence-corrected chi connectivity index (χ0v) is 19.4. The van der Waals surface area contributed by atoms with Crippen molar-refractivity contribution in [2.45, 2.75) is 19.4 Å². The van der Waals surface area contributed by atoms with Gasteiger partial charge < -0.3 is 5.32 Å².